The van der Waals surface area contributed by atoms with Crippen LogP contribution in [0.3, 0.4) is 0 Å². The fraction of sp³-hybridized carbons (Fsp3) is 0.687. The van der Waals surface area contributed by atoms with Gasteiger partial charge >= 0.3 is 0 Å². The maximum absolute atomic E-state index is 12.2. The van der Waals surface area contributed by atoms with Gasteiger partial charge in [-0.05, 0) is 38.4 Å². The molecule has 0 aromatic heterocycles. The zero-order valence-electron chi connectivity index (χ0n) is 74.2. The number of hydrogen-bond donors (Lipinski definition) is 5. The molecular formula is C67H145B18N9O9S2W4-4. The number of rotatable bonds is 6. The van der Waals surface area contributed by atoms with Gasteiger partial charge in [-0.1, -0.05) is 182 Å². The van der Waals surface area contributed by atoms with Gasteiger partial charge in [0.2, 0.25) is 20.0 Å². The average molecular weight is 2220 g/mol. The molecule has 5 heterocycles. The SMILES string of the molecule is CC.CC.CC.CC.CC.CC.CC.CC.CC.CN1CCC(=NO)CC1.CN1CCC(=O)CC1.O=S(=O)(c1ccccc1)N1CCC(=NO)CC1.O=S(=O)(c1ccccc1)N1CCC(=NO)CC1.ON=C1CCNCC1.[B]B([B])C.[B]B([B])C.[B][B]B([B])C.[B][B]B([B])C.[B][B]C.[B][B]C.[CH3-].[CH3-].[CH3-].[CH3-].[W].[W].[W].[W]. The molecule has 0 bridgehead atoms. The number of piperidine rings is 5. The third-order valence-electron chi connectivity index (χ3n) is 10.8. The summed E-state index contributed by atoms with van der Waals surface area (Å²) in [6.07, 6.45) is 7.12. The summed E-state index contributed by atoms with van der Waals surface area (Å²) in [6.45, 7) is 53.8. The topological polar surface area (TPSA) is 241 Å². The Labute approximate surface area is 754 Å². The maximum Gasteiger partial charge on any atom is 0.243 e. The maximum atomic E-state index is 12.2. The molecule has 42 heteroatoms. The van der Waals surface area contributed by atoms with Crippen molar-refractivity contribution >= 4 is 180 Å². The first-order valence-electron chi connectivity index (χ1n) is 36.3. The van der Waals surface area contributed by atoms with Crippen molar-refractivity contribution in [3.8, 4) is 0 Å². The number of ketones is 1. The van der Waals surface area contributed by atoms with Gasteiger partial charge in [-0.15, -0.1) is 40.9 Å². The van der Waals surface area contributed by atoms with Crippen LogP contribution in [0.15, 0.2) is 91.1 Å². The second kappa shape index (κ2) is 134. The summed E-state index contributed by atoms with van der Waals surface area (Å²) in [6, 6.07) is 16.7. The van der Waals surface area contributed by atoms with Crippen molar-refractivity contribution < 1.29 is 127 Å². The van der Waals surface area contributed by atoms with Gasteiger partial charge in [0.25, 0.3) is 0 Å². The van der Waals surface area contributed by atoms with Crippen LogP contribution in [0.5, 0.6) is 0 Å². The van der Waals surface area contributed by atoms with Gasteiger partial charge in [0.15, 0.2) is 0 Å². The zero-order chi connectivity index (χ0) is 82.2. The number of benzene rings is 2. The van der Waals surface area contributed by atoms with E-state index in [1.54, 1.807) is 88.0 Å². The van der Waals surface area contributed by atoms with E-state index in [4.69, 9.17) is 98.2 Å². The Morgan fingerprint density at radius 1 is 0.376 bits per heavy atom. The molecule has 5 fully saturated rings. The summed E-state index contributed by atoms with van der Waals surface area (Å²) < 4.78 is 51.7. The van der Waals surface area contributed by atoms with Crippen LogP contribution in [0, 0.1) is 29.7 Å². The van der Waals surface area contributed by atoms with Crippen molar-refractivity contribution in [2.24, 2.45) is 20.6 Å². The normalized spacial score (nSPS) is 12.5. The first kappa shape index (κ1) is 164. The van der Waals surface area contributed by atoms with Crippen LogP contribution in [-0.2, 0) is 109 Å². The Kier molecular flexibility index (Phi) is 201. The quantitative estimate of drug-likeness (QED) is 0.0785. The molecule has 5 saturated heterocycles. The van der Waals surface area contributed by atoms with Gasteiger partial charge in [-0.3, -0.25) is 4.79 Å². The van der Waals surface area contributed by atoms with Crippen LogP contribution in [0.1, 0.15) is 189 Å². The fourth-order valence-electron chi connectivity index (χ4n) is 6.31. The molecule has 7 rings (SSSR count). The molecule has 606 valence electrons. The van der Waals surface area contributed by atoms with Crippen molar-refractivity contribution in [2.75, 3.05) is 79.5 Å². The van der Waals surface area contributed by atoms with E-state index in [1.165, 1.54) is 37.1 Å². The molecule has 0 aliphatic carbocycles. The summed E-state index contributed by atoms with van der Waals surface area (Å²) in [5.41, 5.74) is 3.17. The van der Waals surface area contributed by atoms with Crippen LogP contribution >= 0.6 is 0 Å². The van der Waals surface area contributed by atoms with E-state index in [2.05, 4.69) is 42.8 Å². The number of nitrogens with one attached hydrogen (secondary N) is 1. The van der Waals surface area contributed by atoms with Crippen molar-refractivity contribution in [1.82, 2.24) is 23.7 Å². The molecule has 0 saturated carbocycles. The Morgan fingerprint density at radius 2 is 0.541 bits per heavy atom. The minimum atomic E-state index is -3.40. The van der Waals surface area contributed by atoms with E-state index < -0.39 is 20.0 Å². The van der Waals surface area contributed by atoms with E-state index in [0.29, 0.717) is 78.9 Å². The summed E-state index contributed by atoms with van der Waals surface area (Å²) in [5, 5.41) is 49.5. The van der Waals surface area contributed by atoms with Gasteiger partial charge in [0.1, 0.15) is 5.78 Å². The second-order valence-electron chi connectivity index (χ2n) is 19.0. The van der Waals surface area contributed by atoms with Gasteiger partial charge in [0, 0.05) is 331 Å². The Balaban J connectivity index is -0.0000000415. The minimum Gasteiger partial charge on any atom is -0.411 e. The third kappa shape index (κ3) is 121. The van der Waals surface area contributed by atoms with Crippen molar-refractivity contribution in [2.45, 2.75) is 240 Å². The molecule has 18 nitrogen and oxygen atoms in total. The molecule has 5 N–H and O–H groups in total. The van der Waals surface area contributed by atoms with E-state index >= 15 is 0 Å². The summed E-state index contributed by atoms with van der Waals surface area (Å²) in [7, 11) is 52.3. The van der Waals surface area contributed by atoms with E-state index in [-0.39, 0.29) is 140 Å². The number of nitrogens with zero attached hydrogens (tertiary/aromatic N) is 8. The summed E-state index contributed by atoms with van der Waals surface area (Å²) in [4.78, 5) is 15.6. The molecule has 0 amide bonds. The minimum absolute atomic E-state index is 0. The number of carbonyl (C=O) groups excluding carboxylic acids is 1. The largest absolute Gasteiger partial charge is 0.411 e. The van der Waals surface area contributed by atoms with Gasteiger partial charge in [-0.2, -0.15) is 8.61 Å². The van der Waals surface area contributed by atoms with E-state index in [1.807, 2.05) is 145 Å². The molecule has 24 radical (unpaired) electrons. The smallest absolute Gasteiger partial charge is 0.243 e. The molecular weight excluding hydrogens is 2070 g/mol. The van der Waals surface area contributed by atoms with Crippen molar-refractivity contribution in [3.63, 3.8) is 0 Å². The van der Waals surface area contributed by atoms with Crippen LogP contribution in [0.2, 0.25) is 40.9 Å². The van der Waals surface area contributed by atoms with E-state index in [9.17, 15) is 21.6 Å². The Hall–Kier alpha value is -0.388. The first-order valence-corrected chi connectivity index (χ1v) is 39.2. The van der Waals surface area contributed by atoms with Crippen molar-refractivity contribution in [3.05, 3.63) is 90.4 Å². The summed E-state index contributed by atoms with van der Waals surface area (Å²) in [5.74, 6) is 0.420. The van der Waals surface area contributed by atoms with E-state index in [0.717, 1.165) is 89.2 Å². The monoisotopic (exact) mass is 2220 g/mol. The molecule has 2 aromatic carbocycles. The molecule has 0 spiro atoms. The summed E-state index contributed by atoms with van der Waals surface area (Å²) >= 11 is 0. The van der Waals surface area contributed by atoms with Gasteiger partial charge in [0.05, 0.1) is 47.0 Å². The number of Topliss-reactive ketones (excluding diaryl/α,β-unsaturated/α-hetero) is 1. The number of likely N-dealkylation sites (tertiary alicyclic amines) is 2. The zero-order valence-corrected chi connectivity index (χ0v) is 87.5. The first-order chi connectivity index (χ1) is 48.2. The standard InChI is InChI=1S/2C11H14N2O3S.C6H12N2O.C6H11NO.C5H10N2O.9C2H6.2CH3B4.2CH3B3.2CH3B2.4CH3.4W/c2*14-12-10-6-8-13(9-7-10)17(15,16)11-4-2-1-3-5-11;1-8-4-2-6(7-9)3-5-8;1-7-4-2-6(8)3-5-7;8-7-5-1-3-6-4-2-5;9*1-2;2*1-5(3)4-2;2*1-4(2)3;2*1-3-2;;;;;;;;/h2*1-5,14H,6-9H2;9H,2-5H2,1H3;2-5H2,1H3;6,8H,1-4H2;9*1-2H3;2*1H3;2*1H3;2*1H3;4*1H3;;;;/q;;;;;;;;;;;;;;;;;;;;4*-1;;;;. The molecule has 2 aromatic rings. The molecule has 0 unspecified atom stereocenters. The average Bonchev–Trinajstić information content (AvgIpc) is 0.819. The predicted molar refractivity (Wildman–Crippen MR) is 493 cm³/mol. The van der Waals surface area contributed by atoms with Crippen molar-refractivity contribution in [1.29, 1.82) is 0 Å². The number of sulfonamides is 2. The number of oxime groups is 4. The van der Waals surface area contributed by atoms with Crippen LogP contribution < -0.4 is 5.32 Å². The van der Waals surface area contributed by atoms with Crippen LogP contribution in [-0.4, -0.2) is 296 Å². The van der Waals surface area contributed by atoms with Crippen LogP contribution in [0.4, 0.5) is 0 Å². The molecule has 5 aliphatic rings. The van der Waals surface area contributed by atoms with Gasteiger partial charge in [-0.25, -0.2) is 16.8 Å². The second-order valence-corrected chi connectivity index (χ2v) is 22.9. The Morgan fingerprint density at radius 3 is 0.697 bits per heavy atom. The Bertz CT molecular complexity index is 2120. The van der Waals surface area contributed by atoms with Gasteiger partial charge < -0.3 is 65.7 Å². The third-order valence-corrected chi connectivity index (χ3v) is 14.6. The molecule has 109 heavy (non-hydrogen) atoms. The number of carbonyl (C=O) groups is 1. The molecule has 5 aliphatic heterocycles. The number of hydrogen-bond acceptors (Lipinski definition) is 16. The predicted octanol–water partition coefficient (Wildman–Crippen LogP) is 11.3. The molecule has 0 atom stereocenters. The fourth-order valence-corrected chi connectivity index (χ4v) is 9.24. The van der Waals surface area contributed by atoms with Crippen LogP contribution in [0.25, 0.3) is 0 Å².